The first-order chi connectivity index (χ1) is 9.97. The first-order valence-electron chi connectivity index (χ1n) is 7.36. The third-order valence-corrected chi connectivity index (χ3v) is 4.18. The zero-order valence-electron chi connectivity index (χ0n) is 12.5. The second kappa shape index (κ2) is 7.14. The van der Waals surface area contributed by atoms with Crippen LogP contribution in [-0.4, -0.2) is 41.2 Å². The minimum atomic E-state index is -0.543. The van der Waals surface area contributed by atoms with E-state index in [9.17, 15) is 9.90 Å². The molecule has 0 radical (unpaired) electrons. The molecular formula is C16H22ClNO3. The number of ether oxygens (including phenoxy) is 1. The molecule has 1 aliphatic rings. The molecule has 0 aliphatic carbocycles. The molecule has 1 aromatic carbocycles. The number of aliphatic hydroxyl groups excluding tert-OH is 1. The van der Waals surface area contributed by atoms with E-state index in [1.807, 2.05) is 0 Å². The van der Waals surface area contributed by atoms with Gasteiger partial charge in [0.15, 0.2) is 6.10 Å². The molecule has 2 rings (SSSR count). The van der Waals surface area contributed by atoms with Crippen molar-refractivity contribution < 1.29 is 14.6 Å². The highest BCUT2D eigenvalue weighted by molar-refractivity contribution is 6.30. The number of amides is 1. The van der Waals surface area contributed by atoms with Crippen molar-refractivity contribution in [2.75, 3.05) is 13.1 Å². The van der Waals surface area contributed by atoms with Gasteiger partial charge in [-0.2, -0.15) is 0 Å². The van der Waals surface area contributed by atoms with Crippen LogP contribution in [0.15, 0.2) is 24.3 Å². The van der Waals surface area contributed by atoms with E-state index in [0.717, 1.165) is 19.4 Å². The number of hydrogen-bond acceptors (Lipinski definition) is 3. The fourth-order valence-corrected chi connectivity index (χ4v) is 2.75. The highest BCUT2D eigenvalue weighted by Gasteiger charge is 2.29. The number of piperidine rings is 1. The molecule has 1 amide bonds. The van der Waals surface area contributed by atoms with E-state index < -0.39 is 6.10 Å². The summed E-state index contributed by atoms with van der Waals surface area (Å²) in [5.41, 5.74) is 0. The van der Waals surface area contributed by atoms with Crippen molar-refractivity contribution in [1.82, 2.24) is 4.90 Å². The van der Waals surface area contributed by atoms with Crippen molar-refractivity contribution in [1.29, 1.82) is 0 Å². The Kier molecular flexibility index (Phi) is 5.48. The molecule has 3 unspecified atom stereocenters. The Labute approximate surface area is 130 Å². The van der Waals surface area contributed by atoms with Crippen LogP contribution in [0, 0.1) is 5.92 Å². The number of rotatable bonds is 4. The van der Waals surface area contributed by atoms with Gasteiger partial charge in [-0.25, -0.2) is 0 Å². The van der Waals surface area contributed by atoms with Crippen LogP contribution in [0.2, 0.25) is 5.02 Å². The topological polar surface area (TPSA) is 49.8 Å². The lowest BCUT2D eigenvalue weighted by Gasteiger charge is -2.35. The van der Waals surface area contributed by atoms with E-state index in [-0.39, 0.29) is 17.9 Å². The quantitative estimate of drug-likeness (QED) is 0.930. The summed E-state index contributed by atoms with van der Waals surface area (Å²) in [6, 6.07) is 6.97. The summed E-state index contributed by atoms with van der Waals surface area (Å²) in [7, 11) is 0. The summed E-state index contributed by atoms with van der Waals surface area (Å²) in [5, 5.41) is 10.3. The molecule has 1 N–H and O–H groups in total. The van der Waals surface area contributed by atoms with Gasteiger partial charge in [-0.15, -0.1) is 0 Å². The summed E-state index contributed by atoms with van der Waals surface area (Å²) in [6.45, 7) is 4.87. The molecule has 21 heavy (non-hydrogen) atoms. The number of halogens is 1. The van der Waals surface area contributed by atoms with Crippen molar-refractivity contribution in [2.45, 2.75) is 38.9 Å². The third-order valence-electron chi connectivity index (χ3n) is 3.93. The average Bonchev–Trinajstić information content (AvgIpc) is 2.49. The molecule has 1 saturated heterocycles. The van der Waals surface area contributed by atoms with Gasteiger partial charge in [0.2, 0.25) is 0 Å². The smallest absolute Gasteiger partial charge is 0.263 e. The molecule has 0 bridgehead atoms. The molecule has 1 heterocycles. The Morgan fingerprint density at radius 2 is 2.05 bits per heavy atom. The lowest BCUT2D eigenvalue weighted by molar-refractivity contribution is -0.140. The lowest BCUT2D eigenvalue weighted by Crippen LogP contribution is -2.47. The number of benzene rings is 1. The van der Waals surface area contributed by atoms with Crippen molar-refractivity contribution in [3.05, 3.63) is 29.3 Å². The molecule has 0 aromatic heterocycles. The fourth-order valence-electron chi connectivity index (χ4n) is 2.63. The minimum Gasteiger partial charge on any atom is -0.481 e. The summed E-state index contributed by atoms with van der Waals surface area (Å²) >= 11 is 5.82. The van der Waals surface area contributed by atoms with Gasteiger partial charge in [-0.05, 0) is 51.0 Å². The van der Waals surface area contributed by atoms with E-state index in [4.69, 9.17) is 16.3 Å². The Balaban J connectivity index is 1.93. The van der Waals surface area contributed by atoms with Gasteiger partial charge in [0, 0.05) is 24.0 Å². The van der Waals surface area contributed by atoms with Crippen molar-refractivity contribution >= 4 is 17.5 Å². The maximum atomic E-state index is 12.4. The predicted octanol–water partition coefficient (Wildman–Crippen LogP) is 2.73. The van der Waals surface area contributed by atoms with Gasteiger partial charge < -0.3 is 14.7 Å². The zero-order chi connectivity index (χ0) is 15.4. The van der Waals surface area contributed by atoms with Gasteiger partial charge in [-0.3, -0.25) is 4.79 Å². The summed E-state index contributed by atoms with van der Waals surface area (Å²) < 4.78 is 5.67. The van der Waals surface area contributed by atoms with E-state index in [0.29, 0.717) is 17.3 Å². The second-order valence-corrected chi connectivity index (χ2v) is 6.08. The average molecular weight is 312 g/mol. The van der Waals surface area contributed by atoms with Crippen LogP contribution < -0.4 is 4.74 Å². The molecule has 0 saturated carbocycles. The van der Waals surface area contributed by atoms with E-state index in [1.54, 1.807) is 43.0 Å². The molecule has 3 atom stereocenters. The Bertz CT molecular complexity index is 475. The maximum absolute atomic E-state index is 12.4. The van der Waals surface area contributed by atoms with Gasteiger partial charge in [0.1, 0.15) is 5.75 Å². The van der Waals surface area contributed by atoms with E-state index >= 15 is 0 Å². The Morgan fingerprint density at radius 3 is 2.67 bits per heavy atom. The minimum absolute atomic E-state index is 0.0321. The normalized spacial score (nSPS) is 21.7. The molecular weight excluding hydrogens is 290 g/mol. The van der Waals surface area contributed by atoms with Crippen LogP contribution in [0.3, 0.4) is 0 Å². The van der Waals surface area contributed by atoms with Gasteiger partial charge >= 0.3 is 0 Å². The van der Waals surface area contributed by atoms with Crippen molar-refractivity contribution in [3.8, 4) is 5.75 Å². The molecule has 1 aliphatic heterocycles. The number of likely N-dealkylation sites (tertiary alicyclic amines) is 1. The Hall–Kier alpha value is -1.26. The molecule has 4 nitrogen and oxygen atoms in total. The molecule has 1 aromatic rings. The standard InChI is InChI=1S/C16H22ClNO3/c1-11(19)13-4-3-9-18(10-13)16(20)12(2)21-15-7-5-14(17)6-8-15/h5-8,11-13,19H,3-4,9-10H2,1-2H3. The maximum Gasteiger partial charge on any atom is 0.263 e. The highest BCUT2D eigenvalue weighted by Crippen LogP contribution is 2.22. The zero-order valence-corrected chi connectivity index (χ0v) is 13.2. The van der Waals surface area contributed by atoms with E-state index in [1.165, 1.54) is 0 Å². The molecule has 5 heteroatoms. The van der Waals surface area contributed by atoms with Crippen LogP contribution in [0.4, 0.5) is 0 Å². The van der Waals surface area contributed by atoms with Crippen LogP contribution in [0.5, 0.6) is 5.75 Å². The van der Waals surface area contributed by atoms with Gasteiger partial charge in [0.25, 0.3) is 5.91 Å². The molecule has 0 spiro atoms. The Morgan fingerprint density at radius 1 is 1.38 bits per heavy atom. The first-order valence-corrected chi connectivity index (χ1v) is 7.74. The van der Waals surface area contributed by atoms with Gasteiger partial charge in [0.05, 0.1) is 6.10 Å². The van der Waals surface area contributed by atoms with Crippen LogP contribution in [0.25, 0.3) is 0 Å². The van der Waals surface area contributed by atoms with Crippen LogP contribution in [-0.2, 0) is 4.79 Å². The number of nitrogens with zero attached hydrogens (tertiary/aromatic N) is 1. The monoisotopic (exact) mass is 311 g/mol. The van der Waals surface area contributed by atoms with Crippen molar-refractivity contribution in [3.63, 3.8) is 0 Å². The molecule has 116 valence electrons. The summed E-state index contributed by atoms with van der Waals surface area (Å²) in [6.07, 6.45) is 0.968. The summed E-state index contributed by atoms with van der Waals surface area (Å²) in [5.74, 6) is 0.755. The number of aliphatic hydroxyl groups is 1. The largest absolute Gasteiger partial charge is 0.481 e. The number of carbonyl (C=O) groups excluding carboxylic acids is 1. The van der Waals surface area contributed by atoms with Crippen LogP contribution >= 0.6 is 11.6 Å². The molecule has 1 fully saturated rings. The first kappa shape index (κ1) is 16.1. The fraction of sp³-hybridized carbons (Fsp3) is 0.562. The van der Waals surface area contributed by atoms with Crippen LogP contribution in [0.1, 0.15) is 26.7 Å². The lowest BCUT2D eigenvalue weighted by atomic mass is 9.93. The summed E-state index contributed by atoms with van der Waals surface area (Å²) in [4.78, 5) is 14.2. The SMILES string of the molecule is CC(Oc1ccc(Cl)cc1)C(=O)N1CCCC(C(C)O)C1. The highest BCUT2D eigenvalue weighted by atomic mass is 35.5. The van der Waals surface area contributed by atoms with Gasteiger partial charge in [-0.1, -0.05) is 11.6 Å². The predicted molar refractivity (Wildman–Crippen MR) is 82.5 cm³/mol. The third kappa shape index (κ3) is 4.35. The number of carbonyl (C=O) groups is 1. The van der Waals surface area contributed by atoms with Crippen molar-refractivity contribution in [2.24, 2.45) is 5.92 Å². The number of hydrogen-bond donors (Lipinski definition) is 1. The second-order valence-electron chi connectivity index (χ2n) is 5.64. The van der Waals surface area contributed by atoms with E-state index in [2.05, 4.69) is 0 Å².